The highest BCUT2D eigenvalue weighted by atomic mass is 16.5. The van der Waals surface area contributed by atoms with Gasteiger partial charge in [0, 0.05) is 28.9 Å². The van der Waals surface area contributed by atoms with Crippen molar-refractivity contribution >= 4 is 22.1 Å². The fourth-order valence-electron chi connectivity index (χ4n) is 3.83. The Balaban J connectivity index is 1.71. The largest absolute Gasteiger partial charge is 0.493 e. The van der Waals surface area contributed by atoms with Gasteiger partial charge in [-0.3, -0.25) is 9.55 Å². The average molecular weight is 416 g/mol. The molecule has 2 N–H and O–H groups in total. The summed E-state index contributed by atoms with van der Waals surface area (Å²) in [6.45, 7) is 0. The van der Waals surface area contributed by atoms with E-state index in [0.29, 0.717) is 28.4 Å². The number of nitrogens with one attached hydrogen (secondary N) is 2. The molecule has 8 nitrogen and oxygen atoms in total. The zero-order valence-electron chi connectivity index (χ0n) is 17.2. The van der Waals surface area contributed by atoms with Crippen LogP contribution in [0.4, 0.5) is 0 Å². The maximum Gasteiger partial charge on any atom is 0.332 e. The first-order valence-corrected chi connectivity index (χ1v) is 9.61. The molecule has 0 unspecified atom stereocenters. The molecule has 0 aliphatic rings. The summed E-state index contributed by atoms with van der Waals surface area (Å²) in [4.78, 5) is 23.2. The van der Waals surface area contributed by atoms with Crippen LogP contribution < -0.4 is 19.9 Å². The Morgan fingerprint density at radius 3 is 2.39 bits per heavy atom. The van der Waals surface area contributed by atoms with Crippen LogP contribution in [0.2, 0.25) is 0 Å². The third-order valence-corrected chi connectivity index (χ3v) is 5.33. The van der Waals surface area contributed by atoms with Crippen molar-refractivity contribution in [2.24, 2.45) is 0 Å². The van der Waals surface area contributed by atoms with Crippen molar-refractivity contribution in [1.29, 1.82) is 0 Å². The van der Waals surface area contributed by atoms with E-state index in [0.717, 1.165) is 27.7 Å². The summed E-state index contributed by atoms with van der Waals surface area (Å²) in [6, 6.07) is 13.4. The van der Waals surface area contributed by atoms with E-state index in [4.69, 9.17) is 14.2 Å². The number of rotatable bonds is 5. The minimum atomic E-state index is -0.251. The fourth-order valence-corrected chi connectivity index (χ4v) is 3.83. The minimum absolute atomic E-state index is 0.251. The van der Waals surface area contributed by atoms with E-state index in [2.05, 4.69) is 15.0 Å². The molecule has 0 fully saturated rings. The molecule has 5 rings (SSSR count). The van der Waals surface area contributed by atoms with Gasteiger partial charge in [-0.25, -0.2) is 9.78 Å². The van der Waals surface area contributed by atoms with Crippen molar-refractivity contribution in [2.75, 3.05) is 21.3 Å². The Kier molecular flexibility index (Phi) is 4.39. The van der Waals surface area contributed by atoms with Crippen LogP contribution in [0.15, 0.2) is 59.7 Å². The summed E-state index contributed by atoms with van der Waals surface area (Å²) in [5.74, 6) is 1.60. The maximum atomic E-state index is 12.7. The highest BCUT2D eigenvalue weighted by Gasteiger charge is 2.16. The highest BCUT2D eigenvalue weighted by Crippen LogP contribution is 2.41. The molecular weight excluding hydrogens is 396 g/mol. The molecular formula is C23H20N4O4. The van der Waals surface area contributed by atoms with Crippen LogP contribution in [0.1, 0.15) is 0 Å². The van der Waals surface area contributed by atoms with E-state index in [1.54, 1.807) is 32.1 Å². The number of benzene rings is 2. The topological polar surface area (TPSA) is 94.2 Å². The number of nitrogens with zero attached hydrogens (tertiary/aromatic N) is 2. The summed E-state index contributed by atoms with van der Waals surface area (Å²) >= 11 is 0. The maximum absolute atomic E-state index is 12.7. The zero-order valence-corrected chi connectivity index (χ0v) is 17.2. The number of pyridine rings is 1. The summed E-state index contributed by atoms with van der Waals surface area (Å²) in [7, 11) is 4.71. The molecule has 0 atom stereocenters. The summed E-state index contributed by atoms with van der Waals surface area (Å²) < 4.78 is 18.0. The highest BCUT2D eigenvalue weighted by molar-refractivity contribution is 5.84. The first-order chi connectivity index (χ1) is 15.1. The van der Waals surface area contributed by atoms with Crippen molar-refractivity contribution in [3.05, 3.63) is 65.3 Å². The predicted molar refractivity (Wildman–Crippen MR) is 119 cm³/mol. The molecule has 0 bridgehead atoms. The number of H-pyrrole nitrogens is 2. The van der Waals surface area contributed by atoms with E-state index in [-0.39, 0.29) is 5.69 Å². The van der Waals surface area contributed by atoms with Gasteiger partial charge in [0.25, 0.3) is 0 Å². The van der Waals surface area contributed by atoms with E-state index in [9.17, 15) is 4.79 Å². The Morgan fingerprint density at radius 1 is 0.903 bits per heavy atom. The average Bonchev–Trinajstić information content (AvgIpc) is 3.40. The van der Waals surface area contributed by atoms with Gasteiger partial charge in [0.15, 0.2) is 17.1 Å². The quantitative estimate of drug-likeness (QED) is 0.453. The molecule has 0 saturated heterocycles. The number of hydrogen-bond acceptors (Lipinski definition) is 5. The molecule has 3 aromatic heterocycles. The SMILES string of the molecule is COc1cc(-c2cnc3[nH]c(=O)n(-c4ccc5[nH]ccc5c4)c3c2)cc(OC)c1OC. The Labute approximate surface area is 177 Å². The van der Waals surface area contributed by atoms with Gasteiger partial charge in [-0.15, -0.1) is 0 Å². The smallest absolute Gasteiger partial charge is 0.332 e. The van der Waals surface area contributed by atoms with Crippen LogP contribution in [0.3, 0.4) is 0 Å². The molecule has 0 aliphatic heterocycles. The molecule has 0 spiro atoms. The second-order valence-electron chi connectivity index (χ2n) is 7.02. The molecule has 0 amide bonds. The van der Waals surface area contributed by atoms with Gasteiger partial charge < -0.3 is 19.2 Å². The second-order valence-corrected chi connectivity index (χ2v) is 7.02. The first-order valence-electron chi connectivity index (χ1n) is 9.61. The lowest BCUT2D eigenvalue weighted by molar-refractivity contribution is 0.324. The van der Waals surface area contributed by atoms with E-state index >= 15 is 0 Å². The fraction of sp³-hybridized carbons (Fsp3) is 0.130. The van der Waals surface area contributed by atoms with Gasteiger partial charge in [0.2, 0.25) is 5.75 Å². The van der Waals surface area contributed by atoms with E-state index < -0.39 is 0 Å². The van der Waals surface area contributed by atoms with Crippen molar-refractivity contribution < 1.29 is 14.2 Å². The lowest BCUT2D eigenvalue weighted by Gasteiger charge is -2.14. The molecule has 0 aliphatic carbocycles. The molecule has 0 radical (unpaired) electrons. The number of fused-ring (bicyclic) bond motifs is 2. The molecule has 2 aromatic carbocycles. The van der Waals surface area contributed by atoms with Crippen LogP contribution in [0.5, 0.6) is 17.2 Å². The lowest BCUT2D eigenvalue weighted by Crippen LogP contribution is -2.14. The Morgan fingerprint density at radius 2 is 1.68 bits per heavy atom. The van der Waals surface area contributed by atoms with Crippen LogP contribution in [0.25, 0.3) is 38.9 Å². The van der Waals surface area contributed by atoms with Crippen molar-refractivity contribution in [3.8, 4) is 34.1 Å². The van der Waals surface area contributed by atoms with Gasteiger partial charge in [-0.05, 0) is 48.0 Å². The van der Waals surface area contributed by atoms with Gasteiger partial charge in [-0.2, -0.15) is 0 Å². The number of methoxy groups -OCH3 is 3. The standard InChI is InChI=1S/C23H20N4O4/c1-29-19-10-14(11-20(30-2)21(19)31-3)15-9-18-22(25-12-15)26-23(28)27(18)16-4-5-17-13(8-16)6-7-24-17/h4-12,24H,1-3H3,(H,25,26,28). The van der Waals surface area contributed by atoms with Crippen LogP contribution in [-0.2, 0) is 0 Å². The number of hydrogen-bond donors (Lipinski definition) is 2. The molecule has 31 heavy (non-hydrogen) atoms. The number of ether oxygens (including phenoxy) is 3. The van der Waals surface area contributed by atoms with Crippen molar-refractivity contribution in [3.63, 3.8) is 0 Å². The zero-order chi connectivity index (χ0) is 21.5. The van der Waals surface area contributed by atoms with Crippen LogP contribution in [0, 0.1) is 0 Å². The minimum Gasteiger partial charge on any atom is -0.493 e. The summed E-state index contributed by atoms with van der Waals surface area (Å²) in [5.41, 5.74) is 4.33. The Bertz CT molecular complexity index is 1450. The monoisotopic (exact) mass is 416 g/mol. The summed E-state index contributed by atoms with van der Waals surface area (Å²) in [5, 5.41) is 1.02. The third-order valence-electron chi connectivity index (χ3n) is 5.33. The van der Waals surface area contributed by atoms with Crippen LogP contribution >= 0.6 is 0 Å². The van der Waals surface area contributed by atoms with Gasteiger partial charge in [-0.1, -0.05) is 0 Å². The van der Waals surface area contributed by atoms with Crippen molar-refractivity contribution in [1.82, 2.24) is 19.5 Å². The second kappa shape index (κ2) is 7.24. The predicted octanol–water partition coefficient (Wildman–Crippen LogP) is 3.89. The Hall–Kier alpha value is -4.20. The third kappa shape index (κ3) is 3.00. The van der Waals surface area contributed by atoms with Gasteiger partial charge >= 0.3 is 5.69 Å². The summed E-state index contributed by atoms with van der Waals surface area (Å²) in [6.07, 6.45) is 3.58. The molecule has 5 aromatic rings. The molecule has 0 saturated carbocycles. The van der Waals surface area contributed by atoms with Gasteiger partial charge in [0.1, 0.15) is 0 Å². The van der Waals surface area contributed by atoms with E-state index in [1.165, 1.54) is 0 Å². The van der Waals surface area contributed by atoms with Crippen LogP contribution in [-0.4, -0.2) is 40.8 Å². The normalized spacial score (nSPS) is 11.2. The lowest BCUT2D eigenvalue weighted by atomic mass is 10.1. The number of aromatic amines is 2. The first kappa shape index (κ1) is 18.8. The number of imidazole rings is 1. The molecule has 8 heteroatoms. The van der Waals surface area contributed by atoms with Crippen molar-refractivity contribution in [2.45, 2.75) is 0 Å². The number of aromatic nitrogens is 4. The molecule has 156 valence electrons. The van der Waals surface area contributed by atoms with E-state index in [1.807, 2.05) is 48.7 Å². The molecule has 3 heterocycles. The van der Waals surface area contributed by atoms with Gasteiger partial charge in [0.05, 0.1) is 32.5 Å².